The standard InChI is InChI=1S/C17H23ClN4O/c1-10(2)5-6-20-16-15(19)17(22-9-21-16)23-13-7-11(3)14(18)12(4)8-13/h7-10H,5-6,19H2,1-4H3,(H,20,21,22). The maximum Gasteiger partial charge on any atom is 0.248 e. The molecule has 0 amide bonds. The van der Waals surface area contributed by atoms with E-state index in [4.69, 9.17) is 22.1 Å². The highest BCUT2D eigenvalue weighted by atomic mass is 35.5. The number of halogens is 1. The van der Waals surface area contributed by atoms with Crippen LogP contribution in [0.5, 0.6) is 11.6 Å². The second-order valence-electron chi connectivity index (χ2n) is 6.02. The van der Waals surface area contributed by atoms with E-state index in [1.54, 1.807) is 0 Å². The summed E-state index contributed by atoms with van der Waals surface area (Å²) in [6.07, 6.45) is 2.48. The van der Waals surface area contributed by atoms with Crippen molar-refractivity contribution < 1.29 is 4.74 Å². The fourth-order valence-electron chi connectivity index (χ4n) is 2.16. The molecule has 0 saturated heterocycles. The van der Waals surface area contributed by atoms with Crippen LogP contribution in [0.4, 0.5) is 11.5 Å². The van der Waals surface area contributed by atoms with Gasteiger partial charge in [0.05, 0.1) is 0 Å². The van der Waals surface area contributed by atoms with Gasteiger partial charge in [0.15, 0.2) is 5.82 Å². The Labute approximate surface area is 142 Å². The molecule has 6 heteroatoms. The van der Waals surface area contributed by atoms with Gasteiger partial charge in [-0.05, 0) is 49.4 Å². The zero-order valence-corrected chi connectivity index (χ0v) is 14.7. The number of nitrogens with two attached hydrogens (primary N) is 1. The quantitative estimate of drug-likeness (QED) is 0.808. The van der Waals surface area contributed by atoms with Gasteiger partial charge in [-0.15, -0.1) is 0 Å². The first kappa shape index (κ1) is 17.3. The van der Waals surface area contributed by atoms with Crippen LogP contribution in [0.15, 0.2) is 18.5 Å². The number of rotatable bonds is 6. The summed E-state index contributed by atoms with van der Waals surface area (Å²) in [4.78, 5) is 8.31. The molecule has 1 aromatic carbocycles. The maximum absolute atomic E-state index is 6.18. The van der Waals surface area contributed by atoms with Gasteiger partial charge < -0.3 is 15.8 Å². The number of hydrogen-bond acceptors (Lipinski definition) is 5. The molecule has 124 valence electrons. The highest BCUT2D eigenvalue weighted by molar-refractivity contribution is 6.32. The normalized spacial score (nSPS) is 10.9. The van der Waals surface area contributed by atoms with Crippen molar-refractivity contribution in [3.05, 3.63) is 34.6 Å². The molecule has 0 aliphatic carbocycles. The predicted octanol–water partition coefficient (Wildman–Crippen LogP) is 4.58. The highest BCUT2D eigenvalue weighted by Crippen LogP contribution is 2.32. The van der Waals surface area contributed by atoms with Gasteiger partial charge in [-0.2, -0.15) is 4.98 Å². The van der Waals surface area contributed by atoms with E-state index in [1.807, 2.05) is 26.0 Å². The van der Waals surface area contributed by atoms with Gasteiger partial charge in [0.2, 0.25) is 5.88 Å². The fraction of sp³-hybridized carbons (Fsp3) is 0.412. The second-order valence-corrected chi connectivity index (χ2v) is 6.40. The van der Waals surface area contributed by atoms with Gasteiger partial charge >= 0.3 is 0 Å². The average molecular weight is 335 g/mol. The Morgan fingerprint density at radius 2 is 1.87 bits per heavy atom. The average Bonchev–Trinajstić information content (AvgIpc) is 2.48. The van der Waals surface area contributed by atoms with Crippen molar-refractivity contribution in [2.24, 2.45) is 5.92 Å². The molecule has 0 aliphatic heterocycles. The monoisotopic (exact) mass is 334 g/mol. The molecular formula is C17H23ClN4O. The summed E-state index contributed by atoms with van der Waals surface area (Å²) in [6, 6.07) is 3.73. The van der Waals surface area contributed by atoms with Crippen molar-refractivity contribution in [3.63, 3.8) is 0 Å². The Bertz CT molecular complexity index is 665. The summed E-state index contributed by atoms with van der Waals surface area (Å²) in [7, 11) is 0. The summed E-state index contributed by atoms with van der Waals surface area (Å²) in [5.41, 5.74) is 8.42. The number of ether oxygens (including phenoxy) is 1. The molecule has 0 radical (unpaired) electrons. The number of nitrogens with one attached hydrogen (secondary N) is 1. The summed E-state index contributed by atoms with van der Waals surface area (Å²) < 4.78 is 5.82. The van der Waals surface area contributed by atoms with Crippen LogP contribution >= 0.6 is 11.6 Å². The summed E-state index contributed by atoms with van der Waals surface area (Å²) in [5, 5.41) is 3.96. The molecule has 0 atom stereocenters. The van der Waals surface area contributed by atoms with Crippen molar-refractivity contribution in [1.29, 1.82) is 0 Å². The Hall–Kier alpha value is -2.01. The summed E-state index contributed by atoms with van der Waals surface area (Å²) >= 11 is 6.18. The van der Waals surface area contributed by atoms with E-state index in [1.165, 1.54) is 6.33 Å². The van der Waals surface area contributed by atoms with Crippen LogP contribution in [-0.4, -0.2) is 16.5 Å². The Morgan fingerprint density at radius 3 is 2.48 bits per heavy atom. The highest BCUT2D eigenvalue weighted by Gasteiger charge is 2.12. The molecule has 0 unspecified atom stereocenters. The molecule has 0 bridgehead atoms. The minimum absolute atomic E-state index is 0.341. The molecule has 2 rings (SSSR count). The molecule has 1 aromatic heterocycles. The minimum Gasteiger partial charge on any atom is -0.437 e. The van der Waals surface area contributed by atoms with Crippen LogP contribution < -0.4 is 15.8 Å². The number of nitrogens with zero attached hydrogens (tertiary/aromatic N) is 2. The molecule has 5 nitrogen and oxygen atoms in total. The van der Waals surface area contributed by atoms with Crippen molar-refractivity contribution in [1.82, 2.24) is 9.97 Å². The van der Waals surface area contributed by atoms with Crippen LogP contribution in [-0.2, 0) is 0 Å². The lowest BCUT2D eigenvalue weighted by Gasteiger charge is -2.13. The minimum atomic E-state index is 0.341. The Balaban J connectivity index is 2.17. The molecule has 1 heterocycles. The lowest BCUT2D eigenvalue weighted by molar-refractivity contribution is 0.463. The molecule has 0 fully saturated rings. The van der Waals surface area contributed by atoms with E-state index >= 15 is 0 Å². The van der Waals surface area contributed by atoms with Crippen molar-refractivity contribution in [2.75, 3.05) is 17.6 Å². The molecule has 2 aromatic rings. The topological polar surface area (TPSA) is 73.1 Å². The molecular weight excluding hydrogens is 312 g/mol. The molecule has 0 spiro atoms. The largest absolute Gasteiger partial charge is 0.437 e. The van der Waals surface area contributed by atoms with E-state index < -0.39 is 0 Å². The molecule has 0 saturated carbocycles. The van der Waals surface area contributed by atoms with E-state index in [2.05, 4.69) is 29.1 Å². The number of aromatic nitrogens is 2. The third-order valence-electron chi connectivity index (χ3n) is 3.49. The second kappa shape index (κ2) is 7.51. The molecule has 23 heavy (non-hydrogen) atoms. The SMILES string of the molecule is Cc1cc(Oc2ncnc(NCCC(C)C)c2N)cc(C)c1Cl. The fourth-order valence-corrected chi connectivity index (χ4v) is 2.27. The van der Waals surface area contributed by atoms with Gasteiger partial charge in [-0.1, -0.05) is 25.4 Å². The van der Waals surface area contributed by atoms with Gasteiger partial charge in [-0.3, -0.25) is 0 Å². The number of benzene rings is 1. The number of nitrogen functional groups attached to an aromatic ring is 1. The van der Waals surface area contributed by atoms with Crippen molar-refractivity contribution in [2.45, 2.75) is 34.1 Å². The van der Waals surface area contributed by atoms with E-state index in [-0.39, 0.29) is 0 Å². The first-order valence-corrected chi connectivity index (χ1v) is 8.05. The zero-order valence-electron chi connectivity index (χ0n) is 14.0. The summed E-state index contributed by atoms with van der Waals surface area (Å²) in [6.45, 7) is 9.02. The summed E-state index contributed by atoms with van der Waals surface area (Å²) in [5.74, 6) is 2.20. The van der Waals surface area contributed by atoms with Gasteiger partial charge in [-0.25, -0.2) is 4.98 Å². The molecule has 0 aliphatic rings. The first-order chi connectivity index (χ1) is 10.9. The van der Waals surface area contributed by atoms with E-state index in [0.29, 0.717) is 29.1 Å². The van der Waals surface area contributed by atoms with E-state index in [9.17, 15) is 0 Å². The van der Waals surface area contributed by atoms with Crippen LogP contribution in [0.25, 0.3) is 0 Å². The van der Waals surface area contributed by atoms with E-state index in [0.717, 1.165) is 29.1 Å². The third kappa shape index (κ3) is 4.48. The van der Waals surface area contributed by atoms with Gasteiger partial charge in [0, 0.05) is 11.6 Å². The number of aryl methyl sites for hydroxylation is 2. The number of hydrogen-bond donors (Lipinski definition) is 2. The smallest absolute Gasteiger partial charge is 0.248 e. The lowest BCUT2D eigenvalue weighted by Crippen LogP contribution is -2.09. The Kier molecular flexibility index (Phi) is 5.66. The zero-order chi connectivity index (χ0) is 17.0. The van der Waals surface area contributed by atoms with Crippen molar-refractivity contribution >= 4 is 23.1 Å². The van der Waals surface area contributed by atoms with Crippen LogP contribution in [0.3, 0.4) is 0 Å². The van der Waals surface area contributed by atoms with Gasteiger partial charge in [0.1, 0.15) is 17.8 Å². The van der Waals surface area contributed by atoms with Crippen LogP contribution in [0.2, 0.25) is 5.02 Å². The predicted molar refractivity (Wildman–Crippen MR) is 95.4 cm³/mol. The van der Waals surface area contributed by atoms with Crippen molar-refractivity contribution in [3.8, 4) is 11.6 Å². The van der Waals surface area contributed by atoms with Gasteiger partial charge in [0.25, 0.3) is 0 Å². The lowest BCUT2D eigenvalue weighted by atomic mass is 10.1. The maximum atomic E-state index is 6.18. The first-order valence-electron chi connectivity index (χ1n) is 7.67. The molecule has 3 N–H and O–H groups in total. The van der Waals surface area contributed by atoms with Crippen LogP contribution in [0.1, 0.15) is 31.4 Å². The third-order valence-corrected chi connectivity index (χ3v) is 4.08. The number of anilines is 2. The van der Waals surface area contributed by atoms with Crippen LogP contribution in [0, 0.1) is 19.8 Å². The Morgan fingerprint density at radius 1 is 1.22 bits per heavy atom.